The van der Waals surface area contributed by atoms with Gasteiger partial charge in [-0.3, -0.25) is 0 Å². The Hall–Kier alpha value is -2.82. The number of aromatic carboxylic acids is 1. The second-order valence-corrected chi connectivity index (χ2v) is 10.5. The van der Waals surface area contributed by atoms with E-state index in [4.69, 9.17) is 9.72 Å². The van der Waals surface area contributed by atoms with Gasteiger partial charge in [-0.05, 0) is 80.3 Å². The lowest BCUT2D eigenvalue weighted by atomic mass is 9.70. The Kier molecular flexibility index (Phi) is 6.02. The summed E-state index contributed by atoms with van der Waals surface area (Å²) in [6, 6.07) is 13.9. The first-order valence-corrected chi connectivity index (χ1v) is 11.6. The second-order valence-electron chi connectivity index (χ2n) is 10.5. The lowest BCUT2D eigenvalue weighted by Crippen LogP contribution is -2.30. The number of benzene rings is 2. The summed E-state index contributed by atoms with van der Waals surface area (Å²) in [7, 11) is 0. The van der Waals surface area contributed by atoms with Crippen LogP contribution in [0, 0.1) is 11.3 Å². The number of ether oxygens (including phenoxy) is 1. The molecular weight excluding hydrogens is 400 g/mol. The molecule has 1 aliphatic carbocycles. The van der Waals surface area contributed by atoms with Gasteiger partial charge in [-0.1, -0.05) is 32.9 Å². The Bertz CT molecular complexity index is 1110. The predicted octanol–water partition coefficient (Wildman–Crippen LogP) is 6.50. The van der Waals surface area contributed by atoms with E-state index in [0.717, 1.165) is 35.4 Å². The Balaban J connectivity index is 1.74. The normalized spacial score (nSPS) is 20.6. The Morgan fingerprint density at radius 2 is 1.91 bits per heavy atom. The fourth-order valence-corrected chi connectivity index (χ4v) is 5.45. The second kappa shape index (κ2) is 8.61. The maximum absolute atomic E-state index is 11.5. The van der Waals surface area contributed by atoms with E-state index in [0.29, 0.717) is 18.4 Å². The molecule has 2 aromatic carbocycles. The van der Waals surface area contributed by atoms with E-state index in [1.54, 1.807) is 12.1 Å². The van der Waals surface area contributed by atoms with Crippen LogP contribution in [0.2, 0.25) is 0 Å². The number of aromatic nitrogens is 2. The van der Waals surface area contributed by atoms with Gasteiger partial charge in [0.25, 0.3) is 0 Å². The number of fused-ring (bicyclic) bond motifs is 1. The average molecular weight is 435 g/mol. The van der Waals surface area contributed by atoms with Crippen molar-refractivity contribution < 1.29 is 14.6 Å². The highest BCUT2D eigenvalue weighted by Crippen LogP contribution is 2.45. The molecule has 5 nitrogen and oxygen atoms in total. The molecule has 1 aromatic heterocycles. The van der Waals surface area contributed by atoms with Crippen LogP contribution < -0.4 is 4.74 Å². The summed E-state index contributed by atoms with van der Waals surface area (Å²) in [5, 5.41) is 9.45. The minimum Gasteiger partial charge on any atom is -0.491 e. The molecule has 1 fully saturated rings. The maximum Gasteiger partial charge on any atom is 0.335 e. The summed E-state index contributed by atoms with van der Waals surface area (Å²) in [4.78, 5) is 16.5. The Morgan fingerprint density at radius 1 is 1.19 bits per heavy atom. The zero-order valence-electron chi connectivity index (χ0n) is 19.8. The smallest absolute Gasteiger partial charge is 0.335 e. The molecule has 0 spiro atoms. The molecule has 4 rings (SSSR count). The number of rotatable bonds is 6. The van der Waals surface area contributed by atoms with Crippen molar-refractivity contribution in [2.24, 2.45) is 11.3 Å². The van der Waals surface area contributed by atoms with E-state index in [1.165, 1.54) is 12.0 Å². The topological polar surface area (TPSA) is 64.3 Å². The Morgan fingerprint density at radius 3 is 2.53 bits per heavy atom. The first-order chi connectivity index (χ1) is 15.1. The predicted molar refractivity (Wildman–Crippen MR) is 128 cm³/mol. The van der Waals surface area contributed by atoms with Crippen molar-refractivity contribution in [2.45, 2.75) is 72.4 Å². The summed E-state index contributed by atoms with van der Waals surface area (Å²) >= 11 is 0. The van der Waals surface area contributed by atoms with Crippen molar-refractivity contribution >= 4 is 17.0 Å². The molecule has 2 atom stereocenters. The number of carbonyl (C=O) groups is 1. The van der Waals surface area contributed by atoms with Gasteiger partial charge < -0.3 is 14.4 Å². The zero-order valence-corrected chi connectivity index (χ0v) is 19.8. The largest absolute Gasteiger partial charge is 0.491 e. The van der Waals surface area contributed by atoms with Gasteiger partial charge in [-0.15, -0.1) is 0 Å². The summed E-state index contributed by atoms with van der Waals surface area (Å²) in [6.07, 6.45) is 4.28. The Labute approximate surface area is 190 Å². The number of hydrogen-bond donors (Lipinski definition) is 1. The van der Waals surface area contributed by atoms with Gasteiger partial charge in [-0.2, -0.15) is 0 Å². The van der Waals surface area contributed by atoms with Crippen LogP contribution in [0.15, 0.2) is 42.5 Å². The molecular formula is C27H34N2O3. The van der Waals surface area contributed by atoms with E-state index >= 15 is 0 Å². The molecule has 0 bridgehead atoms. The molecule has 1 N–H and O–H groups in total. The molecule has 1 heterocycles. The van der Waals surface area contributed by atoms with Crippen molar-refractivity contribution in [1.29, 1.82) is 0 Å². The summed E-state index contributed by atoms with van der Waals surface area (Å²) in [5.41, 5.74) is 3.50. The van der Waals surface area contributed by atoms with Crippen molar-refractivity contribution in [1.82, 2.24) is 9.55 Å². The minimum absolute atomic E-state index is 0.144. The SMILES string of the molecule is CC(C)Oc1ccc(Cc2nc3cc(C(=O)O)ccc3n2[C@H]2C[C@@H](C)CC(C)(C)C2)cc1. The zero-order chi connectivity index (χ0) is 23.0. The van der Waals surface area contributed by atoms with Crippen molar-refractivity contribution in [3.63, 3.8) is 0 Å². The quantitative estimate of drug-likeness (QED) is 0.481. The van der Waals surface area contributed by atoms with Crippen LogP contribution in [0.1, 0.15) is 81.7 Å². The van der Waals surface area contributed by atoms with E-state index in [9.17, 15) is 9.90 Å². The van der Waals surface area contributed by atoms with Crippen molar-refractivity contribution in [3.05, 3.63) is 59.4 Å². The number of imidazole rings is 1. The van der Waals surface area contributed by atoms with Crippen LogP contribution in [0.3, 0.4) is 0 Å². The molecule has 170 valence electrons. The molecule has 1 aliphatic rings. The third kappa shape index (κ3) is 4.82. The van der Waals surface area contributed by atoms with Gasteiger partial charge in [0, 0.05) is 12.5 Å². The molecule has 0 amide bonds. The first kappa shape index (κ1) is 22.4. The summed E-state index contributed by atoms with van der Waals surface area (Å²) in [6.45, 7) is 11.1. The summed E-state index contributed by atoms with van der Waals surface area (Å²) in [5.74, 6) is 1.58. The summed E-state index contributed by atoms with van der Waals surface area (Å²) < 4.78 is 8.17. The third-order valence-corrected chi connectivity index (χ3v) is 6.40. The molecule has 0 radical (unpaired) electrons. The van der Waals surface area contributed by atoms with Gasteiger partial charge in [0.1, 0.15) is 11.6 Å². The van der Waals surface area contributed by atoms with Crippen LogP contribution >= 0.6 is 0 Å². The average Bonchev–Trinajstić information content (AvgIpc) is 3.04. The van der Waals surface area contributed by atoms with Gasteiger partial charge in [0.15, 0.2) is 0 Å². The highest BCUT2D eigenvalue weighted by molar-refractivity contribution is 5.92. The number of nitrogens with zero attached hydrogens (tertiary/aromatic N) is 2. The van der Waals surface area contributed by atoms with Gasteiger partial charge in [0.05, 0.1) is 22.7 Å². The van der Waals surface area contributed by atoms with E-state index < -0.39 is 5.97 Å². The highest BCUT2D eigenvalue weighted by Gasteiger charge is 2.34. The lowest BCUT2D eigenvalue weighted by Gasteiger charge is -2.40. The van der Waals surface area contributed by atoms with Crippen molar-refractivity contribution in [2.75, 3.05) is 0 Å². The van der Waals surface area contributed by atoms with E-state index in [2.05, 4.69) is 37.5 Å². The molecule has 0 saturated heterocycles. The van der Waals surface area contributed by atoms with Gasteiger partial charge in [-0.25, -0.2) is 9.78 Å². The van der Waals surface area contributed by atoms with Crippen molar-refractivity contribution in [3.8, 4) is 5.75 Å². The van der Waals surface area contributed by atoms with E-state index in [-0.39, 0.29) is 17.1 Å². The van der Waals surface area contributed by atoms with Crippen LogP contribution in [0.25, 0.3) is 11.0 Å². The first-order valence-electron chi connectivity index (χ1n) is 11.6. The molecule has 3 aromatic rings. The van der Waals surface area contributed by atoms with Gasteiger partial charge in [0.2, 0.25) is 0 Å². The highest BCUT2D eigenvalue weighted by atomic mass is 16.5. The number of hydrogen-bond acceptors (Lipinski definition) is 3. The molecule has 5 heteroatoms. The van der Waals surface area contributed by atoms with Gasteiger partial charge >= 0.3 is 5.97 Å². The molecule has 1 saturated carbocycles. The van der Waals surface area contributed by atoms with E-state index in [1.807, 2.05) is 32.0 Å². The molecule has 32 heavy (non-hydrogen) atoms. The fraction of sp³-hybridized carbons (Fsp3) is 0.481. The monoisotopic (exact) mass is 434 g/mol. The third-order valence-electron chi connectivity index (χ3n) is 6.40. The van der Waals surface area contributed by atoms with Crippen LogP contribution in [0.5, 0.6) is 5.75 Å². The number of carboxylic acids is 1. The number of carboxylic acid groups (broad SMARTS) is 1. The molecule has 0 unspecified atom stereocenters. The minimum atomic E-state index is -0.920. The van der Waals surface area contributed by atoms with Crippen LogP contribution in [0.4, 0.5) is 0 Å². The standard InChI is InChI=1S/C27H34N2O3/c1-17(2)32-22-9-6-19(7-10-22)13-25-28-23-14-20(26(30)31)8-11-24(23)29(25)21-12-18(3)15-27(4,5)16-21/h6-11,14,17-18,21H,12-13,15-16H2,1-5H3,(H,30,31)/t18-,21+/m1/s1. The molecule has 0 aliphatic heterocycles. The van der Waals surface area contributed by atoms with Crippen LogP contribution in [-0.2, 0) is 6.42 Å². The lowest BCUT2D eigenvalue weighted by molar-refractivity contribution is 0.0697. The van der Waals surface area contributed by atoms with Crippen LogP contribution in [-0.4, -0.2) is 26.7 Å². The fourth-order valence-electron chi connectivity index (χ4n) is 5.45. The maximum atomic E-state index is 11.5.